The quantitative estimate of drug-likeness (QED) is 0.744. The predicted octanol–water partition coefficient (Wildman–Crippen LogP) is 4.46. The van der Waals surface area contributed by atoms with E-state index in [4.69, 9.17) is 0 Å². The molecule has 0 aliphatic rings. The van der Waals surface area contributed by atoms with Crippen molar-refractivity contribution >= 4 is 22.6 Å². The number of benzene rings is 2. The summed E-state index contributed by atoms with van der Waals surface area (Å²) in [7, 11) is 0. The van der Waals surface area contributed by atoms with E-state index in [1.807, 2.05) is 24.3 Å². The SMILES string of the molecule is OC(Cc1ccc(I)cc1)Cc1cccc(C(F)(F)F)c1. The first-order valence-corrected chi connectivity index (χ1v) is 7.51. The van der Waals surface area contributed by atoms with Gasteiger partial charge < -0.3 is 5.11 Å². The van der Waals surface area contributed by atoms with Gasteiger partial charge in [0.05, 0.1) is 11.7 Å². The first-order chi connectivity index (χ1) is 9.84. The van der Waals surface area contributed by atoms with Crippen molar-refractivity contribution in [1.29, 1.82) is 0 Å². The summed E-state index contributed by atoms with van der Waals surface area (Å²) in [6.45, 7) is 0. The summed E-state index contributed by atoms with van der Waals surface area (Å²) in [5.41, 5.74) is 0.777. The third-order valence-electron chi connectivity index (χ3n) is 3.11. The van der Waals surface area contributed by atoms with Crippen LogP contribution < -0.4 is 0 Å². The van der Waals surface area contributed by atoms with Gasteiger partial charge in [0.25, 0.3) is 0 Å². The topological polar surface area (TPSA) is 20.2 Å². The fourth-order valence-electron chi connectivity index (χ4n) is 2.11. The van der Waals surface area contributed by atoms with Crippen molar-refractivity contribution in [3.63, 3.8) is 0 Å². The highest BCUT2D eigenvalue weighted by molar-refractivity contribution is 14.1. The Kier molecular flexibility index (Phi) is 5.27. The standard InChI is InChI=1S/C16H14F3IO/c17-16(18,19)13-3-1-2-12(8-13)10-15(21)9-11-4-6-14(20)7-5-11/h1-8,15,21H,9-10H2. The second kappa shape index (κ2) is 6.79. The van der Waals surface area contributed by atoms with Gasteiger partial charge in [0, 0.05) is 3.57 Å². The van der Waals surface area contributed by atoms with Gasteiger partial charge in [-0.05, 0) is 64.8 Å². The summed E-state index contributed by atoms with van der Waals surface area (Å²) in [5, 5.41) is 10.0. The lowest BCUT2D eigenvalue weighted by Crippen LogP contribution is -2.14. The van der Waals surface area contributed by atoms with Crippen LogP contribution in [-0.4, -0.2) is 11.2 Å². The van der Waals surface area contributed by atoms with Crippen molar-refractivity contribution in [2.75, 3.05) is 0 Å². The van der Waals surface area contributed by atoms with Gasteiger partial charge in [-0.3, -0.25) is 0 Å². The minimum atomic E-state index is -4.35. The molecule has 0 fully saturated rings. The average Bonchev–Trinajstić information content (AvgIpc) is 2.41. The van der Waals surface area contributed by atoms with Gasteiger partial charge in [-0.1, -0.05) is 30.3 Å². The van der Waals surface area contributed by atoms with Crippen molar-refractivity contribution in [3.05, 3.63) is 68.8 Å². The third-order valence-corrected chi connectivity index (χ3v) is 3.83. The van der Waals surface area contributed by atoms with Crippen LogP contribution in [0, 0.1) is 3.57 Å². The Balaban J connectivity index is 2.02. The van der Waals surface area contributed by atoms with E-state index in [0.717, 1.165) is 21.3 Å². The predicted molar refractivity (Wildman–Crippen MR) is 84.0 cm³/mol. The maximum Gasteiger partial charge on any atom is 0.416 e. The van der Waals surface area contributed by atoms with E-state index < -0.39 is 17.8 Å². The summed E-state index contributed by atoms with van der Waals surface area (Å²) >= 11 is 2.19. The summed E-state index contributed by atoms with van der Waals surface area (Å²) in [6.07, 6.45) is -4.42. The minimum absolute atomic E-state index is 0.204. The largest absolute Gasteiger partial charge is 0.416 e. The van der Waals surface area contributed by atoms with Crippen LogP contribution in [0.3, 0.4) is 0 Å². The van der Waals surface area contributed by atoms with Crippen LogP contribution in [0.25, 0.3) is 0 Å². The molecule has 1 N–H and O–H groups in total. The normalized spacial score (nSPS) is 13.2. The molecule has 1 atom stereocenters. The molecule has 0 amide bonds. The Labute approximate surface area is 135 Å². The van der Waals surface area contributed by atoms with Gasteiger partial charge in [-0.25, -0.2) is 0 Å². The molecule has 0 radical (unpaired) electrons. The van der Waals surface area contributed by atoms with E-state index in [1.54, 1.807) is 6.07 Å². The Morgan fingerprint density at radius 2 is 1.57 bits per heavy atom. The number of aliphatic hydroxyl groups excluding tert-OH is 1. The lowest BCUT2D eigenvalue weighted by molar-refractivity contribution is -0.137. The van der Waals surface area contributed by atoms with E-state index >= 15 is 0 Å². The Bertz CT molecular complexity index is 593. The molecule has 21 heavy (non-hydrogen) atoms. The number of halogens is 4. The highest BCUT2D eigenvalue weighted by Crippen LogP contribution is 2.29. The van der Waals surface area contributed by atoms with Gasteiger partial charge in [0.2, 0.25) is 0 Å². The maximum absolute atomic E-state index is 12.6. The van der Waals surface area contributed by atoms with Crippen LogP contribution in [-0.2, 0) is 19.0 Å². The number of hydrogen-bond acceptors (Lipinski definition) is 1. The van der Waals surface area contributed by atoms with Crippen LogP contribution in [0.4, 0.5) is 13.2 Å². The molecule has 2 aromatic carbocycles. The number of rotatable bonds is 4. The van der Waals surface area contributed by atoms with Crippen molar-refractivity contribution in [2.45, 2.75) is 25.1 Å². The first-order valence-electron chi connectivity index (χ1n) is 6.43. The van der Waals surface area contributed by atoms with Crippen LogP contribution in [0.15, 0.2) is 48.5 Å². The van der Waals surface area contributed by atoms with Crippen molar-refractivity contribution in [3.8, 4) is 0 Å². The second-order valence-electron chi connectivity index (χ2n) is 4.89. The zero-order chi connectivity index (χ0) is 15.5. The molecule has 0 saturated carbocycles. The Hall–Kier alpha value is -1.08. The van der Waals surface area contributed by atoms with E-state index in [-0.39, 0.29) is 6.42 Å². The lowest BCUT2D eigenvalue weighted by atomic mass is 10.00. The van der Waals surface area contributed by atoms with Crippen LogP contribution >= 0.6 is 22.6 Å². The van der Waals surface area contributed by atoms with E-state index in [0.29, 0.717) is 12.0 Å². The molecule has 0 saturated heterocycles. The Morgan fingerprint density at radius 3 is 2.19 bits per heavy atom. The smallest absolute Gasteiger partial charge is 0.392 e. The monoisotopic (exact) mass is 406 g/mol. The summed E-state index contributed by atoms with van der Waals surface area (Å²) in [4.78, 5) is 0. The number of hydrogen-bond donors (Lipinski definition) is 1. The second-order valence-corrected chi connectivity index (χ2v) is 6.13. The van der Waals surface area contributed by atoms with E-state index in [1.165, 1.54) is 6.07 Å². The molecule has 0 spiro atoms. The van der Waals surface area contributed by atoms with Crippen molar-refractivity contribution in [1.82, 2.24) is 0 Å². The Morgan fingerprint density at radius 1 is 0.952 bits per heavy atom. The van der Waals surface area contributed by atoms with Gasteiger partial charge in [0.15, 0.2) is 0 Å². The van der Waals surface area contributed by atoms with Gasteiger partial charge >= 0.3 is 6.18 Å². The highest BCUT2D eigenvalue weighted by Gasteiger charge is 2.30. The summed E-state index contributed by atoms with van der Waals surface area (Å²) in [5.74, 6) is 0. The molecule has 112 valence electrons. The molecule has 0 aliphatic heterocycles. The number of alkyl halides is 3. The van der Waals surface area contributed by atoms with Gasteiger partial charge in [0.1, 0.15) is 0 Å². The molecule has 2 aromatic rings. The van der Waals surface area contributed by atoms with Crippen LogP contribution in [0.1, 0.15) is 16.7 Å². The van der Waals surface area contributed by atoms with E-state index in [9.17, 15) is 18.3 Å². The van der Waals surface area contributed by atoms with Crippen molar-refractivity contribution < 1.29 is 18.3 Å². The molecule has 1 unspecified atom stereocenters. The van der Waals surface area contributed by atoms with E-state index in [2.05, 4.69) is 22.6 Å². The molecule has 5 heteroatoms. The van der Waals surface area contributed by atoms with Crippen LogP contribution in [0.5, 0.6) is 0 Å². The molecule has 2 rings (SSSR count). The summed E-state index contributed by atoms with van der Waals surface area (Å²) in [6, 6.07) is 12.8. The molecule has 1 nitrogen and oxygen atoms in total. The van der Waals surface area contributed by atoms with Gasteiger partial charge in [-0.2, -0.15) is 13.2 Å². The fourth-order valence-corrected chi connectivity index (χ4v) is 2.47. The molecule has 0 aromatic heterocycles. The highest BCUT2D eigenvalue weighted by atomic mass is 127. The zero-order valence-electron chi connectivity index (χ0n) is 11.1. The lowest BCUT2D eigenvalue weighted by Gasteiger charge is -2.13. The molecular weight excluding hydrogens is 392 g/mol. The fraction of sp³-hybridized carbons (Fsp3) is 0.250. The molecule has 0 bridgehead atoms. The zero-order valence-corrected chi connectivity index (χ0v) is 13.2. The molecular formula is C16H14F3IO. The number of aliphatic hydroxyl groups is 1. The molecule has 0 aliphatic carbocycles. The first kappa shape index (κ1) is 16.3. The third kappa shape index (κ3) is 5.00. The summed E-state index contributed by atoms with van der Waals surface area (Å²) < 4.78 is 39.0. The minimum Gasteiger partial charge on any atom is -0.392 e. The molecule has 0 heterocycles. The van der Waals surface area contributed by atoms with Crippen molar-refractivity contribution in [2.24, 2.45) is 0 Å². The average molecular weight is 406 g/mol. The van der Waals surface area contributed by atoms with Gasteiger partial charge in [-0.15, -0.1) is 0 Å². The van der Waals surface area contributed by atoms with Crippen LogP contribution in [0.2, 0.25) is 0 Å². The maximum atomic E-state index is 12.6.